The van der Waals surface area contributed by atoms with Crippen molar-refractivity contribution in [2.75, 3.05) is 7.11 Å². The predicted molar refractivity (Wildman–Crippen MR) is 119 cm³/mol. The van der Waals surface area contributed by atoms with Crippen LogP contribution in [0.15, 0.2) is 76.7 Å². The van der Waals surface area contributed by atoms with Gasteiger partial charge in [-0.05, 0) is 72.3 Å². The number of methoxy groups -OCH3 is 1. The first-order chi connectivity index (χ1) is 14.8. The van der Waals surface area contributed by atoms with Crippen LogP contribution in [0.5, 0.6) is 11.5 Å². The van der Waals surface area contributed by atoms with E-state index in [2.05, 4.69) is 9.93 Å². The molecule has 10 heteroatoms. The van der Waals surface area contributed by atoms with Gasteiger partial charge in [0.2, 0.25) is 0 Å². The number of esters is 1. The number of nitrogens with one attached hydrogen (secondary N) is 1. The summed E-state index contributed by atoms with van der Waals surface area (Å²) in [6.45, 7) is 0. The van der Waals surface area contributed by atoms with E-state index < -0.39 is 16.0 Å². The average Bonchev–Trinajstić information content (AvgIpc) is 2.75. The van der Waals surface area contributed by atoms with Crippen LogP contribution in [0.1, 0.15) is 15.9 Å². The van der Waals surface area contributed by atoms with Crippen LogP contribution in [0.2, 0.25) is 10.0 Å². The maximum absolute atomic E-state index is 12.3. The molecule has 7 nitrogen and oxygen atoms in total. The molecule has 0 saturated carbocycles. The standard InChI is InChI=1S/C21H16Cl2N2O5S/c1-29-20-12-14(13-24-25-31(27,28)18-9-7-17(23)8-10-18)2-11-19(20)30-21(26)15-3-5-16(22)6-4-15/h2-13,25H,1H3. The number of ether oxygens (including phenoxy) is 2. The minimum atomic E-state index is -3.84. The van der Waals surface area contributed by atoms with Gasteiger partial charge in [0.15, 0.2) is 11.5 Å². The molecule has 0 radical (unpaired) electrons. The van der Waals surface area contributed by atoms with Crippen molar-refractivity contribution in [1.29, 1.82) is 0 Å². The Labute approximate surface area is 189 Å². The van der Waals surface area contributed by atoms with Gasteiger partial charge in [-0.1, -0.05) is 23.2 Å². The van der Waals surface area contributed by atoms with E-state index in [-0.39, 0.29) is 16.4 Å². The lowest BCUT2D eigenvalue weighted by Gasteiger charge is -2.10. The molecule has 0 spiro atoms. The molecule has 0 atom stereocenters. The van der Waals surface area contributed by atoms with Crippen molar-refractivity contribution < 1.29 is 22.7 Å². The largest absolute Gasteiger partial charge is 0.493 e. The SMILES string of the molecule is COc1cc(C=NNS(=O)(=O)c2ccc(Cl)cc2)ccc1OC(=O)c1ccc(Cl)cc1. The summed E-state index contributed by atoms with van der Waals surface area (Å²) in [5.74, 6) is -0.111. The van der Waals surface area contributed by atoms with Gasteiger partial charge < -0.3 is 9.47 Å². The molecule has 0 saturated heterocycles. The summed E-state index contributed by atoms with van der Waals surface area (Å²) >= 11 is 11.6. The lowest BCUT2D eigenvalue weighted by Crippen LogP contribution is -2.18. The fraction of sp³-hybridized carbons (Fsp3) is 0.0476. The second-order valence-electron chi connectivity index (χ2n) is 6.11. The van der Waals surface area contributed by atoms with Crippen LogP contribution in [0.3, 0.4) is 0 Å². The topological polar surface area (TPSA) is 94.1 Å². The molecule has 0 bridgehead atoms. The molecule has 0 aliphatic rings. The Morgan fingerprint density at radius 3 is 2.16 bits per heavy atom. The Balaban J connectivity index is 1.71. The van der Waals surface area contributed by atoms with Crippen molar-refractivity contribution in [2.24, 2.45) is 5.10 Å². The molecule has 0 aliphatic heterocycles. The molecule has 1 N–H and O–H groups in total. The van der Waals surface area contributed by atoms with Crippen molar-refractivity contribution >= 4 is 45.4 Å². The van der Waals surface area contributed by atoms with Crippen molar-refractivity contribution in [1.82, 2.24) is 4.83 Å². The Hall–Kier alpha value is -3.07. The number of hydrazone groups is 1. The van der Waals surface area contributed by atoms with Crippen LogP contribution in [0.25, 0.3) is 0 Å². The number of hydrogen-bond donors (Lipinski definition) is 1. The maximum atomic E-state index is 12.3. The molecule has 0 fully saturated rings. The van der Waals surface area contributed by atoms with Gasteiger partial charge in [-0.25, -0.2) is 9.63 Å². The van der Waals surface area contributed by atoms with Gasteiger partial charge in [0.1, 0.15) is 0 Å². The van der Waals surface area contributed by atoms with Gasteiger partial charge in [-0.15, -0.1) is 0 Å². The van der Waals surface area contributed by atoms with Gasteiger partial charge in [0, 0.05) is 10.0 Å². The summed E-state index contributed by atoms with van der Waals surface area (Å²) in [4.78, 5) is 14.4. The third-order valence-electron chi connectivity index (χ3n) is 3.98. The first kappa shape index (κ1) is 22.6. The van der Waals surface area contributed by atoms with Crippen LogP contribution in [-0.2, 0) is 10.0 Å². The van der Waals surface area contributed by atoms with Crippen LogP contribution in [0, 0.1) is 0 Å². The minimum absolute atomic E-state index is 0.0242. The summed E-state index contributed by atoms with van der Waals surface area (Å²) < 4.78 is 35.1. The van der Waals surface area contributed by atoms with E-state index in [1.165, 1.54) is 43.7 Å². The van der Waals surface area contributed by atoms with Gasteiger partial charge in [0.25, 0.3) is 10.0 Å². The van der Waals surface area contributed by atoms with E-state index in [4.69, 9.17) is 32.7 Å². The maximum Gasteiger partial charge on any atom is 0.343 e. The number of nitrogens with zero attached hydrogens (tertiary/aromatic N) is 1. The average molecular weight is 479 g/mol. The molecule has 0 aromatic heterocycles. The monoisotopic (exact) mass is 478 g/mol. The highest BCUT2D eigenvalue weighted by Crippen LogP contribution is 2.28. The molecule has 160 valence electrons. The number of carbonyl (C=O) groups excluding carboxylic acids is 1. The Morgan fingerprint density at radius 2 is 1.55 bits per heavy atom. The Kier molecular flexibility index (Phi) is 7.17. The quantitative estimate of drug-likeness (QED) is 0.233. The van der Waals surface area contributed by atoms with E-state index in [0.717, 1.165) is 0 Å². The second kappa shape index (κ2) is 9.82. The highest BCUT2D eigenvalue weighted by molar-refractivity contribution is 7.89. The van der Waals surface area contributed by atoms with Gasteiger partial charge in [-0.3, -0.25) is 0 Å². The number of hydrogen-bond acceptors (Lipinski definition) is 6. The number of halogens is 2. The van der Waals surface area contributed by atoms with E-state index in [9.17, 15) is 13.2 Å². The summed E-state index contributed by atoms with van der Waals surface area (Å²) in [5.41, 5.74) is 0.843. The first-order valence-corrected chi connectivity index (χ1v) is 11.0. The minimum Gasteiger partial charge on any atom is -0.493 e. The number of carbonyl (C=O) groups is 1. The molecule has 3 aromatic carbocycles. The summed E-state index contributed by atoms with van der Waals surface area (Å²) in [5, 5.41) is 4.69. The zero-order valence-corrected chi connectivity index (χ0v) is 18.4. The molecule has 0 aliphatic carbocycles. The van der Waals surface area contributed by atoms with Gasteiger partial charge >= 0.3 is 5.97 Å². The first-order valence-electron chi connectivity index (χ1n) is 8.75. The Bertz CT molecular complexity index is 1210. The third-order valence-corrected chi connectivity index (χ3v) is 5.72. The molecular weight excluding hydrogens is 463 g/mol. The fourth-order valence-corrected chi connectivity index (χ4v) is 3.47. The van der Waals surface area contributed by atoms with Crippen LogP contribution in [-0.4, -0.2) is 27.7 Å². The van der Waals surface area contributed by atoms with E-state index in [1.54, 1.807) is 36.4 Å². The van der Waals surface area contributed by atoms with Crippen molar-refractivity contribution in [3.8, 4) is 11.5 Å². The summed E-state index contributed by atoms with van der Waals surface area (Å²) in [6.07, 6.45) is 1.29. The van der Waals surface area contributed by atoms with Crippen molar-refractivity contribution in [3.05, 3.63) is 87.9 Å². The summed E-state index contributed by atoms with van der Waals surface area (Å²) in [6, 6.07) is 16.6. The lowest BCUT2D eigenvalue weighted by molar-refractivity contribution is 0.0729. The molecule has 3 rings (SSSR count). The van der Waals surface area contributed by atoms with Gasteiger partial charge in [0.05, 0.1) is 23.8 Å². The molecule has 0 heterocycles. The number of benzene rings is 3. The fourth-order valence-electron chi connectivity index (χ4n) is 2.43. The summed E-state index contributed by atoms with van der Waals surface area (Å²) in [7, 11) is -2.42. The van der Waals surface area contributed by atoms with Crippen molar-refractivity contribution in [3.63, 3.8) is 0 Å². The van der Waals surface area contributed by atoms with E-state index in [0.29, 0.717) is 21.2 Å². The molecule has 0 amide bonds. The van der Waals surface area contributed by atoms with Gasteiger partial charge in [-0.2, -0.15) is 13.5 Å². The van der Waals surface area contributed by atoms with E-state index >= 15 is 0 Å². The predicted octanol–water partition coefficient (Wildman–Crippen LogP) is 4.53. The second-order valence-corrected chi connectivity index (χ2v) is 8.65. The lowest BCUT2D eigenvalue weighted by atomic mass is 10.2. The van der Waals surface area contributed by atoms with Crippen LogP contribution >= 0.6 is 23.2 Å². The number of rotatable bonds is 7. The highest BCUT2D eigenvalue weighted by atomic mass is 35.5. The smallest absolute Gasteiger partial charge is 0.343 e. The third kappa shape index (κ3) is 5.97. The van der Waals surface area contributed by atoms with Crippen LogP contribution in [0.4, 0.5) is 0 Å². The Morgan fingerprint density at radius 1 is 0.935 bits per heavy atom. The number of sulfonamides is 1. The molecule has 31 heavy (non-hydrogen) atoms. The zero-order valence-electron chi connectivity index (χ0n) is 16.1. The molecule has 0 unspecified atom stereocenters. The zero-order chi connectivity index (χ0) is 22.4. The van der Waals surface area contributed by atoms with E-state index in [1.807, 2.05) is 0 Å². The van der Waals surface area contributed by atoms with Crippen molar-refractivity contribution in [2.45, 2.75) is 4.90 Å². The molecule has 3 aromatic rings. The normalized spacial score (nSPS) is 11.3. The van der Waals surface area contributed by atoms with Crippen LogP contribution < -0.4 is 14.3 Å². The molecular formula is C21H16Cl2N2O5S. The highest BCUT2D eigenvalue weighted by Gasteiger charge is 2.14.